The first-order chi connectivity index (χ1) is 6.61. The van der Waals surface area contributed by atoms with Gasteiger partial charge in [0, 0.05) is 19.7 Å². The van der Waals surface area contributed by atoms with Crippen LogP contribution in [0.2, 0.25) is 0 Å². The Balaban J connectivity index is 3.28. The van der Waals surface area contributed by atoms with Gasteiger partial charge >= 0.3 is 0 Å². The molecule has 0 unspecified atom stereocenters. The van der Waals surface area contributed by atoms with Crippen LogP contribution in [-0.4, -0.2) is 28.3 Å². The molecule has 0 aromatic heterocycles. The van der Waals surface area contributed by atoms with Crippen LogP contribution in [0.5, 0.6) is 11.5 Å². The lowest BCUT2D eigenvalue weighted by molar-refractivity contribution is 0.389. The Morgan fingerprint density at radius 2 is 1.71 bits per heavy atom. The van der Waals surface area contributed by atoms with Crippen molar-refractivity contribution in [1.82, 2.24) is 0 Å². The second kappa shape index (κ2) is 4.22. The first kappa shape index (κ1) is 10.7. The molecule has 0 atom stereocenters. The number of ether oxygens (including phenoxy) is 2. The molecule has 78 valence electrons. The van der Waals surface area contributed by atoms with Crippen molar-refractivity contribution >= 4 is 5.69 Å². The SMILES string of the molecule is COc1ccc(N(C)C)c(OC)c1C. The lowest BCUT2D eigenvalue weighted by Gasteiger charge is -2.19. The van der Waals surface area contributed by atoms with Crippen LogP contribution in [0, 0.1) is 6.92 Å². The molecule has 0 amide bonds. The maximum absolute atomic E-state index is 5.36. The van der Waals surface area contributed by atoms with Crippen molar-refractivity contribution in [2.24, 2.45) is 0 Å². The Morgan fingerprint density at radius 1 is 1.07 bits per heavy atom. The average Bonchev–Trinajstić information content (AvgIpc) is 2.17. The molecule has 0 fully saturated rings. The van der Waals surface area contributed by atoms with E-state index in [0.29, 0.717) is 0 Å². The third kappa shape index (κ3) is 1.76. The van der Waals surface area contributed by atoms with Crippen molar-refractivity contribution in [2.45, 2.75) is 6.92 Å². The van der Waals surface area contributed by atoms with E-state index in [-0.39, 0.29) is 0 Å². The van der Waals surface area contributed by atoms with Crippen LogP contribution in [0.3, 0.4) is 0 Å². The van der Waals surface area contributed by atoms with E-state index in [1.165, 1.54) is 0 Å². The number of methoxy groups -OCH3 is 2. The number of hydrogen-bond acceptors (Lipinski definition) is 3. The molecule has 1 rings (SSSR count). The fourth-order valence-corrected chi connectivity index (χ4v) is 1.49. The maximum Gasteiger partial charge on any atom is 0.148 e. The van der Waals surface area contributed by atoms with Gasteiger partial charge in [-0.25, -0.2) is 0 Å². The molecule has 1 aromatic rings. The number of rotatable bonds is 3. The standard InChI is InChI=1S/C11H17NO2/c1-8-10(13-4)7-6-9(12(2)3)11(8)14-5/h6-7H,1-5H3. The lowest BCUT2D eigenvalue weighted by Crippen LogP contribution is -2.10. The highest BCUT2D eigenvalue weighted by molar-refractivity contribution is 5.64. The van der Waals surface area contributed by atoms with E-state index in [1.54, 1.807) is 14.2 Å². The zero-order valence-corrected chi connectivity index (χ0v) is 9.42. The average molecular weight is 195 g/mol. The van der Waals surface area contributed by atoms with E-state index in [1.807, 2.05) is 38.1 Å². The fraction of sp³-hybridized carbons (Fsp3) is 0.455. The zero-order chi connectivity index (χ0) is 10.7. The molecule has 0 heterocycles. The summed E-state index contributed by atoms with van der Waals surface area (Å²) in [5.41, 5.74) is 2.09. The molecule has 0 N–H and O–H groups in total. The number of benzene rings is 1. The maximum atomic E-state index is 5.36. The highest BCUT2D eigenvalue weighted by Crippen LogP contribution is 2.36. The van der Waals surface area contributed by atoms with Gasteiger partial charge in [0.05, 0.1) is 19.9 Å². The van der Waals surface area contributed by atoms with E-state index in [0.717, 1.165) is 22.7 Å². The number of nitrogens with zero attached hydrogens (tertiary/aromatic N) is 1. The van der Waals surface area contributed by atoms with Crippen molar-refractivity contribution < 1.29 is 9.47 Å². The molecule has 3 heteroatoms. The minimum absolute atomic E-state index is 0.854. The molecular formula is C11H17NO2. The zero-order valence-electron chi connectivity index (χ0n) is 9.42. The summed E-state index contributed by atoms with van der Waals surface area (Å²) in [6.45, 7) is 1.99. The van der Waals surface area contributed by atoms with Crippen LogP contribution in [-0.2, 0) is 0 Å². The van der Waals surface area contributed by atoms with Gasteiger partial charge in [-0.1, -0.05) is 0 Å². The normalized spacial score (nSPS) is 9.79. The van der Waals surface area contributed by atoms with E-state index < -0.39 is 0 Å². The number of anilines is 1. The third-order valence-electron chi connectivity index (χ3n) is 2.24. The topological polar surface area (TPSA) is 21.7 Å². The van der Waals surface area contributed by atoms with Crippen LogP contribution in [0.1, 0.15) is 5.56 Å². The minimum atomic E-state index is 0.854. The first-order valence-corrected chi connectivity index (χ1v) is 4.50. The van der Waals surface area contributed by atoms with Crippen molar-refractivity contribution in [3.63, 3.8) is 0 Å². The van der Waals surface area contributed by atoms with Gasteiger partial charge in [0.2, 0.25) is 0 Å². The largest absolute Gasteiger partial charge is 0.496 e. The highest BCUT2D eigenvalue weighted by atomic mass is 16.5. The van der Waals surface area contributed by atoms with Gasteiger partial charge in [-0.2, -0.15) is 0 Å². The summed E-state index contributed by atoms with van der Waals surface area (Å²) in [4.78, 5) is 2.02. The molecule has 0 bridgehead atoms. The molecule has 3 nitrogen and oxygen atoms in total. The van der Waals surface area contributed by atoms with Gasteiger partial charge in [-0.05, 0) is 19.1 Å². The van der Waals surface area contributed by atoms with E-state index in [4.69, 9.17) is 9.47 Å². The van der Waals surface area contributed by atoms with Gasteiger partial charge in [0.15, 0.2) is 0 Å². The summed E-state index contributed by atoms with van der Waals surface area (Å²) in [6, 6.07) is 3.94. The molecule has 1 aromatic carbocycles. The van der Waals surface area contributed by atoms with Gasteiger partial charge < -0.3 is 14.4 Å². The van der Waals surface area contributed by atoms with Crippen molar-refractivity contribution in [3.8, 4) is 11.5 Å². The van der Waals surface area contributed by atoms with Crippen LogP contribution < -0.4 is 14.4 Å². The smallest absolute Gasteiger partial charge is 0.148 e. The summed E-state index contributed by atoms with van der Waals surface area (Å²) < 4.78 is 10.6. The molecule has 0 saturated carbocycles. The van der Waals surface area contributed by atoms with E-state index >= 15 is 0 Å². The van der Waals surface area contributed by atoms with Gasteiger partial charge in [0.1, 0.15) is 11.5 Å². The van der Waals surface area contributed by atoms with Gasteiger partial charge in [-0.15, -0.1) is 0 Å². The molecule has 0 radical (unpaired) electrons. The Morgan fingerprint density at radius 3 is 2.14 bits per heavy atom. The molecule has 0 aliphatic rings. The van der Waals surface area contributed by atoms with Crippen LogP contribution in [0.15, 0.2) is 12.1 Å². The van der Waals surface area contributed by atoms with Crippen LogP contribution in [0.4, 0.5) is 5.69 Å². The minimum Gasteiger partial charge on any atom is -0.496 e. The summed E-state index contributed by atoms with van der Waals surface area (Å²) in [5, 5.41) is 0. The Kier molecular flexibility index (Phi) is 3.23. The highest BCUT2D eigenvalue weighted by Gasteiger charge is 2.11. The fourth-order valence-electron chi connectivity index (χ4n) is 1.49. The first-order valence-electron chi connectivity index (χ1n) is 4.50. The second-order valence-corrected chi connectivity index (χ2v) is 3.34. The molecule has 0 saturated heterocycles. The molecule has 14 heavy (non-hydrogen) atoms. The monoisotopic (exact) mass is 195 g/mol. The number of hydrogen-bond donors (Lipinski definition) is 0. The van der Waals surface area contributed by atoms with Crippen molar-refractivity contribution in [2.75, 3.05) is 33.2 Å². The summed E-state index contributed by atoms with van der Waals surface area (Å²) in [6.07, 6.45) is 0. The molecular weight excluding hydrogens is 178 g/mol. The van der Waals surface area contributed by atoms with E-state index in [2.05, 4.69) is 0 Å². The Bertz CT molecular complexity index is 321. The Hall–Kier alpha value is -1.38. The lowest BCUT2D eigenvalue weighted by atomic mass is 10.1. The predicted molar refractivity (Wildman–Crippen MR) is 58.6 cm³/mol. The second-order valence-electron chi connectivity index (χ2n) is 3.34. The van der Waals surface area contributed by atoms with Crippen molar-refractivity contribution in [1.29, 1.82) is 0 Å². The molecule has 0 aliphatic carbocycles. The Labute approximate surface area is 85.2 Å². The van der Waals surface area contributed by atoms with E-state index in [9.17, 15) is 0 Å². The quantitative estimate of drug-likeness (QED) is 0.737. The van der Waals surface area contributed by atoms with Crippen molar-refractivity contribution in [3.05, 3.63) is 17.7 Å². The third-order valence-corrected chi connectivity index (χ3v) is 2.24. The van der Waals surface area contributed by atoms with Crippen LogP contribution >= 0.6 is 0 Å². The predicted octanol–water partition coefficient (Wildman–Crippen LogP) is 2.08. The van der Waals surface area contributed by atoms with Gasteiger partial charge in [0.25, 0.3) is 0 Å². The summed E-state index contributed by atoms with van der Waals surface area (Å²) in [7, 11) is 7.32. The molecule has 0 spiro atoms. The van der Waals surface area contributed by atoms with Gasteiger partial charge in [-0.3, -0.25) is 0 Å². The van der Waals surface area contributed by atoms with Crippen LogP contribution in [0.25, 0.3) is 0 Å². The summed E-state index contributed by atoms with van der Waals surface area (Å²) in [5.74, 6) is 1.72. The summed E-state index contributed by atoms with van der Waals surface area (Å²) >= 11 is 0. The molecule has 0 aliphatic heterocycles.